The molecule has 0 aliphatic rings. The van der Waals surface area contributed by atoms with Crippen molar-refractivity contribution in [3.05, 3.63) is 23.8 Å². The van der Waals surface area contributed by atoms with Crippen molar-refractivity contribution >= 4 is 28.7 Å². The lowest BCUT2D eigenvalue weighted by molar-refractivity contribution is 0.476. The SMILES string of the molecule is CCC(CC)(Cn1c(N)nc2ccc(C)cc21)SC. The minimum atomic E-state index is 0.242. The zero-order valence-corrected chi connectivity index (χ0v) is 13.0. The van der Waals surface area contributed by atoms with Gasteiger partial charge in [0.1, 0.15) is 0 Å². The summed E-state index contributed by atoms with van der Waals surface area (Å²) in [5, 5.41) is 0. The van der Waals surface area contributed by atoms with Crippen LogP contribution in [0.3, 0.4) is 0 Å². The molecule has 2 aromatic rings. The predicted octanol–water partition coefficient (Wildman–Crippen LogP) is 3.85. The molecule has 0 saturated heterocycles. The molecule has 1 heterocycles. The van der Waals surface area contributed by atoms with Gasteiger partial charge >= 0.3 is 0 Å². The molecule has 1 aromatic carbocycles. The zero-order valence-electron chi connectivity index (χ0n) is 12.2. The molecule has 19 heavy (non-hydrogen) atoms. The van der Waals surface area contributed by atoms with Gasteiger partial charge in [0.25, 0.3) is 0 Å². The van der Waals surface area contributed by atoms with Gasteiger partial charge in [-0.05, 0) is 43.7 Å². The maximum atomic E-state index is 6.12. The summed E-state index contributed by atoms with van der Waals surface area (Å²) in [4.78, 5) is 4.47. The number of fused-ring (bicyclic) bond motifs is 1. The highest BCUT2D eigenvalue weighted by atomic mass is 32.2. The first-order valence-electron chi connectivity index (χ1n) is 6.82. The number of aryl methyl sites for hydroxylation is 1. The predicted molar refractivity (Wildman–Crippen MR) is 85.7 cm³/mol. The summed E-state index contributed by atoms with van der Waals surface area (Å²) in [5.74, 6) is 0.626. The van der Waals surface area contributed by atoms with Crippen LogP contribution in [0.1, 0.15) is 32.3 Å². The number of nitrogens with zero attached hydrogens (tertiary/aromatic N) is 2. The Morgan fingerprint density at radius 3 is 2.58 bits per heavy atom. The molecular formula is C15H23N3S. The number of imidazole rings is 1. The lowest BCUT2D eigenvalue weighted by atomic mass is 10.0. The smallest absolute Gasteiger partial charge is 0.201 e. The van der Waals surface area contributed by atoms with Gasteiger partial charge in [0, 0.05) is 11.3 Å². The summed E-state index contributed by atoms with van der Waals surface area (Å²) in [7, 11) is 0. The van der Waals surface area contributed by atoms with Crippen LogP contribution in [0.15, 0.2) is 18.2 Å². The molecule has 1 aromatic heterocycles. The van der Waals surface area contributed by atoms with E-state index >= 15 is 0 Å². The average molecular weight is 277 g/mol. The van der Waals surface area contributed by atoms with E-state index < -0.39 is 0 Å². The van der Waals surface area contributed by atoms with Crippen molar-refractivity contribution in [2.75, 3.05) is 12.0 Å². The van der Waals surface area contributed by atoms with Gasteiger partial charge in [-0.25, -0.2) is 4.98 Å². The molecular weight excluding hydrogens is 254 g/mol. The summed E-state index contributed by atoms with van der Waals surface area (Å²) in [6, 6.07) is 6.31. The Hall–Kier alpha value is -1.16. The molecule has 0 spiro atoms. The molecule has 0 radical (unpaired) electrons. The van der Waals surface area contributed by atoms with E-state index in [1.165, 1.54) is 5.56 Å². The summed E-state index contributed by atoms with van der Waals surface area (Å²) in [6.45, 7) is 7.53. The molecule has 104 valence electrons. The normalized spacial score (nSPS) is 12.2. The molecule has 0 amide bonds. The van der Waals surface area contributed by atoms with Gasteiger partial charge in [-0.3, -0.25) is 0 Å². The molecule has 4 heteroatoms. The summed E-state index contributed by atoms with van der Waals surface area (Å²) in [6.07, 6.45) is 4.46. The second-order valence-corrected chi connectivity index (χ2v) is 6.42. The van der Waals surface area contributed by atoms with Crippen molar-refractivity contribution in [1.82, 2.24) is 9.55 Å². The van der Waals surface area contributed by atoms with Crippen LogP contribution in [0.25, 0.3) is 11.0 Å². The summed E-state index contributed by atoms with van der Waals surface area (Å²) < 4.78 is 2.41. The van der Waals surface area contributed by atoms with Gasteiger partial charge in [0.2, 0.25) is 5.95 Å². The van der Waals surface area contributed by atoms with Crippen LogP contribution in [0, 0.1) is 6.92 Å². The summed E-state index contributed by atoms with van der Waals surface area (Å²) >= 11 is 1.93. The first-order valence-corrected chi connectivity index (χ1v) is 8.05. The lowest BCUT2D eigenvalue weighted by Crippen LogP contribution is -2.29. The number of aromatic nitrogens is 2. The van der Waals surface area contributed by atoms with Gasteiger partial charge < -0.3 is 10.3 Å². The van der Waals surface area contributed by atoms with E-state index in [1.807, 2.05) is 11.8 Å². The van der Waals surface area contributed by atoms with E-state index in [-0.39, 0.29) is 4.75 Å². The number of hydrogen-bond donors (Lipinski definition) is 1. The van der Waals surface area contributed by atoms with Crippen LogP contribution in [-0.4, -0.2) is 20.6 Å². The second kappa shape index (κ2) is 5.45. The highest BCUT2D eigenvalue weighted by molar-refractivity contribution is 8.00. The number of benzene rings is 1. The van der Waals surface area contributed by atoms with Crippen molar-refractivity contribution < 1.29 is 0 Å². The molecule has 0 aliphatic heterocycles. The highest BCUT2D eigenvalue weighted by Crippen LogP contribution is 2.34. The van der Waals surface area contributed by atoms with Crippen molar-refractivity contribution in [2.45, 2.75) is 44.9 Å². The lowest BCUT2D eigenvalue weighted by Gasteiger charge is -2.30. The van der Waals surface area contributed by atoms with Crippen LogP contribution in [0.4, 0.5) is 5.95 Å². The molecule has 0 saturated carbocycles. The molecule has 0 atom stereocenters. The number of nitrogens with two attached hydrogens (primary N) is 1. The first kappa shape index (κ1) is 14.3. The van der Waals surface area contributed by atoms with Crippen LogP contribution < -0.4 is 5.73 Å². The van der Waals surface area contributed by atoms with Gasteiger partial charge in [-0.2, -0.15) is 11.8 Å². The zero-order chi connectivity index (χ0) is 14.0. The van der Waals surface area contributed by atoms with Crippen LogP contribution >= 0.6 is 11.8 Å². The van der Waals surface area contributed by atoms with E-state index in [9.17, 15) is 0 Å². The Morgan fingerprint density at radius 1 is 1.32 bits per heavy atom. The monoisotopic (exact) mass is 277 g/mol. The fourth-order valence-electron chi connectivity index (χ4n) is 2.53. The molecule has 0 bridgehead atoms. The molecule has 0 aliphatic carbocycles. The van der Waals surface area contributed by atoms with E-state index in [0.717, 1.165) is 30.4 Å². The van der Waals surface area contributed by atoms with Crippen LogP contribution in [0.5, 0.6) is 0 Å². The molecule has 2 N–H and O–H groups in total. The van der Waals surface area contributed by atoms with Gasteiger partial charge in [0.05, 0.1) is 11.0 Å². The molecule has 0 unspecified atom stereocenters. The Kier molecular flexibility index (Phi) is 4.09. The molecule has 2 rings (SSSR count). The third kappa shape index (κ3) is 2.59. The topological polar surface area (TPSA) is 43.8 Å². The number of anilines is 1. The van der Waals surface area contributed by atoms with Crippen LogP contribution in [-0.2, 0) is 6.54 Å². The largest absolute Gasteiger partial charge is 0.369 e. The van der Waals surface area contributed by atoms with E-state index in [0.29, 0.717) is 5.95 Å². The minimum absolute atomic E-state index is 0.242. The van der Waals surface area contributed by atoms with E-state index in [1.54, 1.807) is 0 Å². The quantitative estimate of drug-likeness (QED) is 0.902. The fourth-order valence-corrected chi connectivity index (χ4v) is 3.37. The summed E-state index contributed by atoms with van der Waals surface area (Å²) in [5.41, 5.74) is 9.51. The molecule has 3 nitrogen and oxygen atoms in total. The van der Waals surface area contributed by atoms with Gasteiger partial charge in [-0.1, -0.05) is 19.9 Å². The maximum Gasteiger partial charge on any atom is 0.201 e. The van der Waals surface area contributed by atoms with Crippen molar-refractivity contribution in [3.8, 4) is 0 Å². The van der Waals surface area contributed by atoms with Gasteiger partial charge in [0.15, 0.2) is 0 Å². The number of rotatable bonds is 5. The Bertz CT molecular complexity index is 562. The fraction of sp³-hybridized carbons (Fsp3) is 0.533. The number of thioether (sulfide) groups is 1. The Morgan fingerprint density at radius 2 is 2.00 bits per heavy atom. The van der Waals surface area contributed by atoms with Crippen molar-refractivity contribution in [2.24, 2.45) is 0 Å². The second-order valence-electron chi connectivity index (χ2n) is 5.14. The third-order valence-electron chi connectivity index (χ3n) is 4.10. The number of nitrogen functional groups attached to an aromatic ring is 1. The highest BCUT2D eigenvalue weighted by Gasteiger charge is 2.27. The van der Waals surface area contributed by atoms with Crippen molar-refractivity contribution in [3.63, 3.8) is 0 Å². The third-order valence-corrected chi connectivity index (χ3v) is 5.67. The van der Waals surface area contributed by atoms with Gasteiger partial charge in [-0.15, -0.1) is 0 Å². The Labute approximate surface area is 119 Å². The van der Waals surface area contributed by atoms with Crippen LogP contribution in [0.2, 0.25) is 0 Å². The molecule has 0 fully saturated rings. The number of hydrogen-bond acceptors (Lipinski definition) is 3. The van der Waals surface area contributed by atoms with Crippen molar-refractivity contribution in [1.29, 1.82) is 0 Å². The van der Waals surface area contributed by atoms with E-state index in [4.69, 9.17) is 5.73 Å². The minimum Gasteiger partial charge on any atom is -0.369 e. The maximum absolute atomic E-state index is 6.12. The standard InChI is InChI=1S/C15H23N3S/c1-5-15(6-2,19-4)10-18-13-9-11(3)7-8-12(13)17-14(18)16/h7-9H,5-6,10H2,1-4H3,(H2,16,17). The Balaban J connectivity index is 2.50. The average Bonchev–Trinajstić information content (AvgIpc) is 2.72. The van der Waals surface area contributed by atoms with E-state index in [2.05, 4.69) is 54.8 Å². The first-order chi connectivity index (χ1) is 9.05.